The van der Waals surface area contributed by atoms with Crippen LogP contribution in [-0.2, 0) is 27.2 Å². The molecule has 0 aliphatic heterocycles. The topological polar surface area (TPSA) is 162 Å². The first kappa shape index (κ1) is 31.1. The van der Waals surface area contributed by atoms with Gasteiger partial charge in [0.2, 0.25) is 11.7 Å². The summed E-state index contributed by atoms with van der Waals surface area (Å²) >= 11 is 0. The number of hydrogen-bond acceptors (Lipinski definition) is 9. The van der Waals surface area contributed by atoms with E-state index in [0.29, 0.717) is 12.1 Å². The number of nitrogens with zero attached hydrogens (tertiary/aromatic N) is 4. The van der Waals surface area contributed by atoms with E-state index < -0.39 is 29.1 Å². The van der Waals surface area contributed by atoms with Gasteiger partial charge < -0.3 is 34.1 Å². The van der Waals surface area contributed by atoms with Crippen molar-refractivity contribution < 1.29 is 33.8 Å². The average molecular weight is 606 g/mol. The number of carboxylic acids is 1. The van der Waals surface area contributed by atoms with Gasteiger partial charge in [-0.3, -0.25) is 4.98 Å². The Hall–Kier alpha value is -4.29. The zero-order valence-electron chi connectivity index (χ0n) is 26.0. The van der Waals surface area contributed by atoms with Crippen molar-refractivity contribution in [1.29, 1.82) is 0 Å². The number of aromatic nitrogens is 4. The number of rotatable bonds is 9. The Morgan fingerprint density at radius 3 is 2.57 bits per heavy atom. The predicted molar refractivity (Wildman–Crippen MR) is 162 cm³/mol. The number of carboxylic acid groups (broad SMARTS) is 1. The van der Waals surface area contributed by atoms with Crippen LogP contribution in [0.15, 0.2) is 41.1 Å². The smallest absolute Gasteiger partial charge is 0.408 e. The fourth-order valence-corrected chi connectivity index (χ4v) is 6.03. The van der Waals surface area contributed by atoms with Gasteiger partial charge in [0, 0.05) is 54.4 Å². The molecule has 3 heterocycles. The van der Waals surface area contributed by atoms with Gasteiger partial charge in [0.05, 0.1) is 17.8 Å². The maximum Gasteiger partial charge on any atom is 0.408 e. The summed E-state index contributed by atoms with van der Waals surface area (Å²) in [6.45, 7) is 11.8. The number of hydrogen-bond donors (Lipinski definition) is 3. The summed E-state index contributed by atoms with van der Waals surface area (Å²) in [5.41, 5.74) is 4.23. The molecule has 3 N–H and O–H groups in total. The molecule has 3 aromatic heterocycles. The highest BCUT2D eigenvalue weighted by atomic mass is 16.6. The van der Waals surface area contributed by atoms with Crippen LogP contribution in [0.1, 0.15) is 70.7 Å². The highest BCUT2D eigenvalue weighted by Crippen LogP contribution is 2.56. The first-order chi connectivity index (χ1) is 20.8. The Morgan fingerprint density at radius 2 is 1.93 bits per heavy atom. The van der Waals surface area contributed by atoms with Crippen molar-refractivity contribution in [2.45, 2.75) is 78.2 Å². The molecule has 0 bridgehead atoms. The van der Waals surface area contributed by atoms with Crippen molar-refractivity contribution in [3.05, 3.63) is 53.7 Å². The number of aliphatic hydroxyl groups excluding tert-OH is 1. The monoisotopic (exact) mass is 605 g/mol. The van der Waals surface area contributed by atoms with Crippen LogP contribution >= 0.6 is 0 Å². The second-order valence-electron chi connectivity index (χ2n) is 12.7. The lowest BCUT2D eigenvalue weighted by Crippen LogP contribution is -2.44. The number of fused-ring (bicyclic) bond motifs is 5. The molecule has 1 aliphatic rings. The number of ether oxygens (including phenoxy) is 2. The number of alkyl carbamates (subject to hydrolysis) is 1. The summed E-state index contributed by atoms with van der Waals surface area (Å²) in [5, 5.41) is 27.7. The number of amides is 1. The predicted octanol–water partition coefficient (Wildman–Crippen LogP) is 5.10. The zero-order chi connectivity index (χ0) is 32.0. The second-order valence-corrected chi connectivity index (χ2v) is 12.7. The number of carbonyl (C=O) groups is 2. The first-order valence-corrected chi connectivity index (χ1v) is 14.6. The number of carbonyl (C=O) groups excluding carboxylic acids is 1. The molecule has 0 fully saturated rings. The Kier molecular flexibility index (Phi) is 8.25. The lowest BCUT2D eigenvalue weighted by molar-refractivity contribution is -0.139. The molecule has 3 atom stereocenters. The molecule has 12 nitrogen and oxygen atoms in total. The van der Waals surface area contributed by atoms with Crippen molar-refractivity contribution >= 4 is 23.0 Å². The summed E-state index contributed by atoms with van der Waals surface area (Å²) < 4.78 is 19.0. The van der Waals surface area contributed by atoms with Crippen LogP contribution in [-0.4, -0.2) is 67.3 Å². The van der Waals surface area contributed by atoms with Crippen LogP contribution in [0.25, 0.3) is 33.5 Å². The normalized spacial score (nSPS) is 17.2. The van der Waals surface area contributed by atoms with Gasteiger partial charge in [0.25, 0.3) is 0 Å². The van der Waals surface area contributed by atoms with Crippen LogP contribution < -0.4 is 5.32 Å². The van der Waals surface area contributed by atoms with Crippen molar-refractivity contribution in [1.82, 2.24) is 25.0 Å². The summed E-state index contributed by atoms with van der Waals surface area (Å²) in [6.07, 6.45) is 0.300. The van der Waals surface area contributed by atoms with Crippen LogP contribution in [0.3, 0.4) is 0 Å². The largest absolute Gasteiger partial charge is 0.480 e. The lowest BCUT2D eigenvalue weighted by atomic mass is 9.67. The summed E-state index contributed by atoms with van der Waals surface area (Å²) in [7, 11) is 1.67. The van der Waals surface area contributed by atoms with Gasteiger partial charge in [-0.15, -0.1) is 0 Å². The number of nitrogens with one attached hydrogen (secondary N) is 1. The highest BCUT2D eigenvalue weighted by molar-refractivity contribution is 5.96. The van der Waals surface area contributed by atoms with E-state index in [1.54, 1.807) is 34.1 Å². The fourth-order valence-electron chi connectivity index (χ4n) is 6.03. The number of pyridine rings is 1. The highest BCUT2D eigenvalue weighted by Gasteiger charge is 2.46. The lowest BCUT2D eigenvalue weighted by Gasteiger charge is -2.41. The molecule has 1 aromatic carbocycles. The minimum Gasteiger partial charge on any atom is -0.480 e. The van der Waals surface area contributed by atoms with E-state index in [2.05, 4.69) is 33.0 Å². The van der Waals surface area contributed by atoms with Crippen LogP contribution in [0.4, 0.5) is 4.79 Å². The molecule has 2 unspecified atom stereocenters. The van der Waals surface area contributed by atoms with E-state index in [1.807, 2.05) is 38.1 Å². The Bertz CT molecular complexity index is 1700. The Balaban J connectivity index is 1.58. The summed E-state index contributed by atoms with van der Waals surface area (Å²) in [4.78, 5) is 33.3. The average Bonchev–Trinajstić information content (AvgIpc) is 3.57. The maximum atomic E-state index is 12.2. The number of aliphatic hydroxyl groups is 1. The maximum absolute atomic E-state index is 12.2. The third-order valence-electron chi connectivity index (χ3n) is 7.99. The molecule has 4 aromatic rings. The van der Waals surface area contributed by atoms with E-state index in [0.717, 1.165) is 33.4 Å². The summed E-state index contributed by atoms with van der Waals surface area (Å²) in [6, 6.07) is 8.54. The van der Waals surface area contributed by atoms with Crippen LogP contribution in [0.2, 0.25) is 0 Å². The minimum atomic E-state index is -1.33. The second kappa shape index (κ2) is 11.7. The molecule has 0 radical (unpaired) electrons. The van der Waals surface area contributed by atoms with Crippen molar-refractivity contribution in [2.24, 2.45) is 5.41 Å². The van der Waals surface area contributed by atoms with E-state index in [1.165, 1.54) is 0 Å². The molecule has 0 saturated heterocycles. The number of benzene rings is 1. The molecule has 0 saturated carbocycles. The molecule has 44 heavy (non-hydrogen) atoms. The van der Waals surface area contributed by atoms with Crippen molar-refractivity contribution in [3.8, 4) is 22.6 Å². The molecular weight excluding hydrogens is 566 g/mol. The third-order valence-corrected chi connectivity index (χ3v) is 7.99. The van der Waals surface area contributed by atoms with E-state index in [4.69, 9.17) is 19.0 Å². The van der Waals surface area contributed by atoms with Gasteiger partial charge >= 0.3 is 12.1 Å². The number of methoxy groups -OCH3 is 1. The van der Waals surface area contributed by atoms with Gasteiger partial charge in [-0.05, 0) is 69.0 Å². The van der Waals surface area contributed by atoms with Crippen molar-refractivity contribution in [2.75, 3.05) is 13.7 Å². The number of aliphatic carboxylic acids is 1. The van der Waals surface area contributed by atoms with E-state index >= 15 is 0 Å². The third kappa shape index (κ3) is 5.67. The number of aryl methyl sites for hydroxylation is 1. The van der Waals surface area contributed by atoms with Crippen molar-refractivity contribution in [3.63, 3.8) is 0 Å². The molecule has 234 valence electrons. The summed E-state index contributed by atoms with van der Waals surface area (Å²) in [5.74, 6) is -1.16. The van der Waals surface area contributed by atoms with Gasteiger partial charge in [-0.25, -0.2) is 9.59 Å². The fraction of sp³-hybridized carbons (Fsp3) is 0.469. The standard InChI is InChI=1S/C32H39N5O7/c1-8-37-21-12-11-17(28-35-22(44-36-28)15-20(29(39)40)34-30(41)43-31(2,3)4)14-19(21)23-24(32(5,6)16-38)27(42-7)25-18(26(23)37)10-9-13-33-25/h9-14,20,24,27,38H,8,15-16H2,1-7H3,(H,34,41)(H,39,40)/t20?,24?,27-/m0/s1. The van der Waals surface area contributed by atoms with Gasteiger partial charge in [0.1, 0.15) is 17.7 Å². The SMILES string of the molecule is CCn1c2c(c3cc(-c4noc(CC(NC(=O)OC(C)(C)C)C(=O)O)n4)ccc31)C(C(C)(C)CO)[C@H](OC)c1ncccc1-2. The van der Waals surface area contributed by atoms with Crippen LogP contribution in [0, 0.1) is 5.41 Å². The van der Waals surface area contributed by atoms with E-state index in [-0.39, 0.29) is 36.8 Å². The minimum absolute atomic E-state index is 0.0513. The van der Waals surface area contributed by atoms with Gasteiger partial charge in [-0.1, -0.05) is 19.0 Å². The molecule has 12 heteroatoms. The zero-order valence-corrected chi connectivity index (χ0v) is 26.0. The van der Waals surface area contributed by atoms with Gasteiger partial charge in [0.15, 0.2) is 0 Å². The quantitative estimate of drug-likeness (QED) is 0.234. The van der Waals surface area contributed by atoms with E-state index in [9.17, 15) is 19.8 Å². The van der Waals surface area contributed by atoms with Gasteiger partial charge in [-0.2, -0.15) is 4.98 Å². The van der Waals surface area contributed by atoms with Crippen LogP contribution in [0.5, 0.6) is 0 Å². The molecular formula is C32H39N5O7. The molecule has 0 spiro atoms. The molecule has 1 amide bonds. The molecule has 1 aliphatic carbocycles. The first-order valence-electron chi connectivity index (χ1n) is 14.6. The Morgan fingerprint density at radius 1 is 1.18 bits per heavy atom. The molecule has 5 rings (SSSR count). The Labute approximate surface area is 255 Å².